The summed E-state index contributed by atoms with van der Waals surface area (Å²) in [4.78, 5) is 45.0. The molecule has 0 heterocycles. The van der Waals surface area contributed by atoms with E-state index in [1.165, 1.54) is 0 Å². The van der Waals surface area contributed by atoms with E-state index in [1.807, 2.05) is 0 Å². The molecule has 0 rings (SSSR count). The van der Waals surface area contributed by atoms with Gasteiger partial charge in [0.25, 0.3) is 0 Å². The third-order valence-electron chi connectivity index (χ3n) is 2.84. The van der Waals surface area contributed by atoms with Gasteiger partial charge < -0.3 is 20.8 Å². The molecule has 0 spiro atoms. The van der Waals surface area contributed by atoms with Crippen molar-refractivity contribution < 1.29 is 29.4 Å². The van der Waals surface area contributed by atoms with Gasteiger partial charge in [-0.1, -0.05) is 20.8 Å². The standard InChI is InChI=1S/C16H28N2O6S2/c1-16(2,3)10-26-6-4-12(19)18-11(15(23)24)8-17-13(20)9-25-7-5-14(21)22/h11H,4-10H2,1-3H3,(H,17,20)(H,18,19)(H,21,22)(H,23,24). The van der Waals surface area contributed by atoms with Gasteiger partial charge in [-0.05, 0) is 11.2 Å². The largest absolute Gasteiger partial charge is 0.481 e. The van der Waals surface area contributed by atoms with E-state index in [1.54, 1.807) is 11.8 Å². The number of thioether (sulfide) groups is 2. The van der Waals surface area contributed by atoms with E-state index in [9.17, 15) is 19.2 Å². The van der Waals surface area contributed by atoms with E-state index in [4.69, 9.17) is 10.2 Å². The van der Waals surface area contributed by atoms with Gasteiger partial charge in [-0.25, -0.2) is 4.79 Å². The lowest BCUT2D eigenvalue weighted by molar-refractivity contribution is -0.141. The summed E-state index contributed by atoms with van der Waals surface area (Å²) in [6, 6.07) is -1.19. The Hall–Kier alpha value is -1.42. The highest BCUT2D eigenvalue weighted by atomic mass is 32.2. The molecule has 0 bridgehead atoms. The minimum atomic E-state index is -1.22. The molecular formula is C16H28N2O6S2. The number of rotatable bonds is 13. The molecule has 8 nitrogen and oxygen atoms in total. The number of carbonyl (C=O) groups is 4. The molecular weight excluding hydrogens is 380 g/mol. The van der Waals surface area contributed by atoms with Crippen molar-refractivity contribution in [3.05, 3.63) is 0 Å². The number of hydrogen-bond donors (Lipinski definition) is 4. The van der Waals surface area contributed by atoms with E-state index in [-0.39, 0.29) is 36.5 Å². The van der Waals surface area contributed by atoms with Crippen molar-refractivity contribution >= 4 is 47.3 Å². The van der Waals surface area contributed by atoms with Crippen LogP contribution in [0.3, 0.4) is 0 Å². The quantitative estimate of drug-likeness (QED) is 0.332. The Morgan fingerprint density at radius 1 is 0.962 bits per heavy atom. The van der Waals surface area contributed by atoms with Crippen LogP contribution in [0, 0.1) is 5.41 Å². The van der Waals surface area contributed by atoms with Crippen molar-refractivity contribution in [3.8, 4) is 0 Å². The van der Waals surface area contributed by atoms with Crippen LogP contribution in [0.25, 0.3) is 0 Å². The van der Waals surface area contributed by atoms with E-state index in [2.05, 4.69) is 31.4 Å². The Labute approximate surface area is 162 Å². The molecule has 0 aromatic carbocycles. The minimum Gasteiger partial charge on any atom is -0.481 e. The molecule has 0 aromatic rings. The molecule has 2 amide bonds. The molecule has 0 fully saturated rings. The number of carboxylic acids is 2. The number of carbonyl (C=O) groups excluding carboxylic acids is 2. The second-order valence-electron chi connectivity index (χ2n) is 6.82. The third-order valence-corrected chi connectivity index (χ3v) is 5.36. The Morgan fingerprint density at radius 3 is 2.12 bits per heavy atom. The van der Waals surface area contributed by atoms with Crippen molar-refractivity contribution in [1.29, 1.82) is 0 Å². The Morgan fingerprint density at radius 2 is 1.58 bits per heavy atom. The zero-order valence-corrected chi connectivity index (χ0v) is 17.0. The fourth-order valence-corrected chi connectivity index (χ4v) is 3.44. The predicted octanol–water partition coefficient (Wildman–Crippen LogP) is 1.05. The topological polar surface area (TPSA) is 133 Å². The maximum atomic E-state index is 11.8. The fraction of sp³-hybridized carbons (Fsp3) is 0.750. The van der Waals surface area contributed by atoms with Crippen LogP contribution in [0.2, 0.25) is 0 Å². The molecule has 4 N–H and O–H groups in total. The maximum Gasteiger partial charge on any atom is 0.328 e. The lowest BCUT2D eigenvalue weighted by Gasteiger charge is -2.18. The van der Waals surface area contributed by atoms with Crippen LogP contribution < -0.4 is 10.6 Å². The summed E-state index contributed by atoms with van der Waals surface area (Å²) in [6.07, 6.45) is 0.169. The lowest BCUT2D eigenvalue weighted by atomic mass is 10.0. The van der Waals surface area contributed by atoms with Gasteiger partial charge >= 0.3 is 11.9 Å². The van der Waals surface area contributed by atoms with Crippen molar-refractivity contribution in [2.75, 3.05) is 29.6 Å². The molecule has 10 heteroatoms. The normalized spacial score (nSPS) is 12.3. The van der Waals surface area contributed by atoms with Gasteiger partial charge in [0.05, 0.1) is 12.2 Å². The number of aliphatic carboxylic acids is 2. The third kappa shape index (κ3) is 14.9. The van der Waals surface area contributed by atoms with Crippen molar-refractivity contribution in [1.82, 2.24) is 10.6 Å². The Balaban J connectivity index is 4.08. The molecule has 0 aromatic heterocycles. The minimum absolute atomic E-state index is 0.0387. The smallest absolute Gasteiger partial charge is 0.328 e. The summed E-state index contributed by atoms with van der Waals surface area (Å²) >= 11 is 2.78. The van der Waals surface area contributed by atoms with Crippen molar-refractivity contribution in [3.63, 3.8) is 0 Å². The van der Waals surface area contributed by atoms with Gasteiger partial charge in [0.1, 0.15) is 6.04 Å². The molecule has 1 atom stereocenters. The van der Waals surface area contributed by atoms with Crippen molar-refractivity contribution in [2.24, 2.45) is 5.41 Å². The summed E-state index contributed by atoms with van der Waals surface area (Å²) in [7, 11) is 0. The highest BCUT2D eigenvalue weighted by Gasteiger charge is 2.20. The number of hydrogen-bond acceptors (Lipinski definition) is 6. The first kappa shape index (κ1) is 24.6. The average molecular weight is 409 g/mol. The average Bonchev–Trinajstić information content (AvgIpc) is 2.50. The summed E-state index contributed by atoms with van der Waals surface area (Å²) < 4.78 is 0. The monoisotopic (exact) mass is 408 g/mol. The summed E-state index contributed by atoms with van der Waals surface area (Å²) in [5, 5.41) is 22.5. The Kier molecular flexibility index (Phi) is 12.2. The van der Waals surface area contributed by atoms with Crippen LogP contribution in [0.1, 0.15) is 33.6 Å². The first-order valence-electron chi connectivity index (χ1n) is 8.17. The molecule has 0 saturated carbocycles. The van der Waals surface area contributed by atoms with Gasteiger partial charge in [-0.2, -0.15) is 23.5 Å². The van der Waals surface area contributed by atoms with Gasteiger partial charge in [-0.3, -0.25) is 14.4 Å². The molecule has 0 aliphatic heterocycles. The zero-order valence-electron chi connectivity index (χ0n) is 15.4. The van der Waals surface area contributed by atoms with Crippen LogP contribution in [0.15, 0.2) is 0 Å². The van der Waals surface area contributed by atoms with E-state index < -0.39 is 23.9 Å². The van der Waals surface area contributed by atoms with Crippen LogP contribution in [0.5, 0.6) is 0 Å². The highest BCUT2D eigenvalue weighted by molar-refractivity contribution is 8.00. The van der Waals surface area contributed by atoms with Gasteiger partial charge in [0.15, 0.2) is 0 Å². The molecule has 0 aliphatic carbocycles. The number of carboxylic acid groups (broad SMARTS) is 2. The SMILES string of the molecule is CC(C)(C)CSCCC(=O)NC(CNC(=O)CSCCC(=O)O)C(=O)O. The zero-order chi connectivity index (χ0) is 20.2. The molecule has 0 saturated heterocycles. The second-order valence-corrected chi connectivity index (χ2v) is 9.03. The highest BCUT2D eigenvalue weighted by Crippen LogP contribution is 2.20. The van der Waals surface area contributed by atoms with Gasteiger partial charge in [0.2, 0.25) is 11.8 Å². The van der Waals surface area contributed by atoms with Crippen LogP contribution in [-0.4, -0.2) is 69.6 Å². The van der Waals surface area contributed by atoms with Gasteiger partial charge in [-0.15, -0.1) is 0 Å². The Bertz CT molecular complexity index is 494. The lowest BCUT2D eigenvalue weighted by Crippen LogP contribution is -2.48. The van der Waals surface area contributed by atoms with Crippen LogP contribution >= 0.6 is 23.5 Å². The van der Waals surface area contributed by atoms with E-state index in [0.29, 0.717) is 11.5 Å². The second kappa shape index (κ2) is 12.9. The maximum absolute atomic E-state index is 11.8. The fourth-order valence-electron chi connectivity index (χ4n) is 1.60. The predicted molar refractivity (Wildman–Crippen MR) is 104 cm³/mol. The van der Waals surface area contributed by atoms with E-state index >= 15 is 0 Å². The van der Waals surface area contributed by atoms with Gasteiger partial charge in [0, 0.05) is 24.5 Å². The summed E-state index contributed by atoms with van der Waals surface area (Å²) in [5.74, 6) is -1.09. The molecule has 0 aliphatic rings. The molecule has 26 heavy (non-hydrogen) atoms. The summed E-state index contributed by atoms with van der Waals surface area (Å²) in [5.41, 5.74) is 0.164. The molecule has 0 radical (unpaired) electrons. The van der Waals surface area contributed by atoms with Crippen LogP contribution in [-0.2, 0) is 19.2 Å². The van der Waals surface area contributed by atoms with Crippen molar-refractivity contribution in [2.45, 2.75) is 39.7 Å². The number of amides is 2. The van der Waals surface area contributed by atoms with Crippen LogP contribution in [0.4, 0.5) is 0 Å². The van der Waals surface area contributed by atoms with E-state index in [0.717, 1.165) is 17.5 Å². The number of nitrogens with one attached hydrogen (secondary N) is 2. The molecule has 1 unspecified atom stereocenters. The molecule has 150 valence electrons. The summed E-state index contributed by atoms with van der Waals surface area (Å²) in [6.45, 7) is 6.09. The first-order valence-corrected chi connectivity index (χ1v) is 10.5. The first-order chi connectivity index (χ1) is 12.0.